The predicted molar refractivity (Wildman–Crippen MR) is 129 cm³/mol. The fourth-order valence-corrected chi connectivity index (χ4v) is 4.09. The Labute approximate surface area is 199 Å². The number of aliphatic hydroxyl groups excluding tert-OH is 2. The number of aromatic nitrogens is 1. The van der Waals surface area contributed by atoms with E-state index in [4.69, 9.17) is 23.7 Å². The first-order chi connectivity index (χ1) is 16.6. The molecule has 0 bridgehead atoms. The van der Waals surface area contributed by atoms with Gasteiger partial charge in [-0.15, -0.1) is 0 Å². The highest BCUT2D eigenvalue weighted by Gasteiger charge is 2.22. The molecule has 0 saturated carbocycles. The van der Waals surface area contributed by atoms with Crippen LogP contribution in [0.15, 0.2) is 40.8 Å². The van der Waals surface area contributed by atoms with E-state index < -0.39 is 6.10 Å². The summed E-state index contributed by atoms with van der Waals surface area (Å²) in [5.74, 6) is 2.03. The normalized spacial score (nSPS) is 15.9. The highest BCUT2D eigenvalue weighted by atomic mass is 16.5. The molecule has 1 unspecified atom stereocenters. The third-order valence-electron chi connectivity index (χ3n) is 5.87. The van der Waals surface area contributed by atoms with E-state index in [1.165, 1.54) is 5.56 Å². The van der Waals surface area contributed by atoms with E-state index in [-0.39, 0.29) is 19.3 Å². The average molecular weight is 472 g/mol. The van der Waals surface area contributed by atoms with Gasteiger partial charge in [0.1, 0.15) is 18.2 Å². The van der Waals surface area contributed by atoms with Crippen LogP contribution in [0.2, 0.25) is 0 Å². The minimum atomic E-state index is -0.940. The van der Waals surface area contributed by atoms with Gasteiger partial charge in [0.15, 0.2) is 22.8 Å². The van der Waals surface area contributed by atoms with Gasteiger partial charge in [-0.2, -0.15) is 4.98 Å². The number of piperidine rings is 1. The Morgan fingerprint density at radius 2 is 1.97 bits per heavy atom. The third-order valence-corrected chi connectivity index (χ3v) is 5.87. The molecular formula is C25H33N3O6. The van der Waals surface area contributed by atoms with E-state index >= 15 is 0 Å². The number of para-hydroxylation sites is 1. The van der Waals surface area contributed by atoms with Crippen molar-refractivity contribution in [1.29, 1.82) is 0 Å². The number of benzene rings is 2. The molecule has 2 heterocycles. The number of anilines is 1. The summed E-state index contributed by atoms with van der Waals surface area (Å²) in [4.78, 5) is 6.97. The van der Waals surface area contributed by atoms with Crippen molar-refractivity contribution in [3.8, 4) is 17.2 Å². The Bertz CT molecular complexity index is 1060. The van der Waals surface area contributed by atoms with Gasteiger partial charge in [-0.25, -0.2) is 0 Å². The van der Waals surface area contributed by atoms with Crippen molar-refractivity contribution in [1.82, 2.24) is 9.88 Å². The van der Waals surface area contributed by atoms with Gasteiger partial charge in [-0.05, 0) is 49.6 Å². The number of nitrogens with one attached hydrogen (secondary N) is 1. The number of likely N-dealkylation sites (tertiary alicyclic amines) is 1. The smallest absolute Gasteiger partial charge is 0.296 e. The highest BCUT2D eigenvalue weighted by molar-refractivity contribution is 5.80. The summed E-state index contributed by atoms with van der Waals surface area (Å²) in [5.41, 5.74) is 2.41. The van der Waals surface area contributed by atoms with Crippen LogP contribution in [0.1, 0.15) is 25.3 Å². The number of hydrogen-bond donors (Lipinski definition) is 3. The second kappa shape index (κ2) is 11.4. The maximum Gasteiger partial charge on any atom is 0.296 e. The van der Waals surface area contributed by atoms with E-state index in [2.05, 4.69) is 27.3 Å². The Balaban J connectivity index is 1.32. The molecule has 1 fully saturated rings. The zero-order chi connectivity index (χ0) is 23.9. The van der Waals surface area contributed by atoms with Gasteiger partial charge < -0.3 is 34.2 Å². The molecule has 34 heavy (non-hydrogen) atoms. The molecule has 9 heteroatoms. The van der Waals surface area contributed by atoms with Crippen LogP contribution in [0.4, 0.5) is 6.01 Å². The van der Waals surface area contributed by atoms with Gasteiger partial charge in [-0.3, -0.25) is 4.90 Å². The zero-order valence-electron chi connectivity index (χ0n) is 19.7. The summed E-state index contributed by atoms with van der Waals surface area (Å²) < 4.78 is 22.6. The summed E-state index contributed by atoms with van der Waals surface area (Å²) in [6.45, 7) is 4.98. The third kappa shape index (κ3) is 5.91. The summed E-state index contributed by atoms with van der Waals surface area (Å²) in [6.07, 6.45) is 1.00. The maximum atomic E-state index is 9.54. The number of fused-ring (bicyclic) bond motifs is 1. The molecule has 9 nitrogen and oxygen atoms in total. The number of rotatable bonds is 11. The lowest BCUT2D eigenvalue weighted by molar-refractivity contribution is 0.0538. The van der Waals surface area contributed by atoms with Crippen LogP contribution in [0, 0.1) is 0 Å². The predicted octanol–water partition coefficient (Wildman–Crippen LogP) is 3.04. The molecule has 4 rings (SSSR count). The molecule has 1 aliphatic rings. The molecule has 1 atom stereocenters. The summed E-state index contributed by atoms with van der Waals surface area (Å²) in [5, 5.41) is 21.9. The van der Waals surface area contributed by atoms with Crippen LogP contribution >= 0.6 is 0 Å². The Hall–Kier alpha value is -3.01. The van der Waals surface area contributed by atoms with Crippen molar-refractivity contribution < 1.29 is 28.8 Å². The molecule has 0 radical (unpaired) electrons. The molecule has 3 N–H and O–H groups in total. The molecular weight excluding hydrogens is 438 g/mol. The zero-order valence-corrected chi connectivity index (χ0v) is 19.7. The first-order valence-electron chi connectivity index (χ1n) is 11.7. The van der Waals surface area contributed by atoms with Crippen LogP contribution in [0.25, 0.3) is 11.1 Å². The van der Waals surface area contributed by atoms with Crippen molar-refractivity contribution >= 4 is 17.1 Å². The molecule has 1 aromatic heterocycles. The lowest BCUT2D eigenvalue weighted by atomic mass is 10.0. The number of oxazole rings is 1. The van der Waals surface area contributed by atoms with Gasteiger partial charge in [-0.1, -0.05) is 12.1 Å². The van der Waals surface area contributed by atoms with Crippen molar-refractivity contribution in [3.05, 3.63) is 42.0 Å². The Morgan fingerprint density at radius 1 is 1.15 bits per heavy atom. The van der Waals surface area contributed by atoms with E-state index in [1.807, 2.05) is 25.1 Å². The fourth-order valence-electron chi connectivity index (χ4n) is 4.09. The van der Waals surface area contributed by atoms with Crippen LogP contribution in [-0.4, -0.2) is 72.3 Å². The largest absolute Gasteiger partial charge is 0.493 e. The van der Waals surface area contributed by atoms with Crippen LogP contribution < -0.4 is 19.5 Å². The summed E-state index contributed by atoms with van der Waals surface area (Å²) in [7, 11) is 1.65. The van der Waals surface area contributed by atoms with Crippen LogP contribution in [0.5, 0.6) is 17.2 Å². The molecule has 184 valence electrons. The highest BCUT2D eigenvalue weighted by Crippen LogP contribution is 2.31. The quantitative estimate of drug-likeness (QED) is 0.389. The van der Waals surface area contributed by atoms with E-state index in [9.17, 15) is 5.11 Å². The Kier molecular flexibility index (Phi) is 8.10. The minimum Gasteiger partial charge on any atom is -0.493 e. The second-order valence-corrected chi connectivity index (χ2v) is 8.38. The van der Waals surface area contributed by atoms with Crippen molar-refractivity contribution in [2.45, 2.75) is 38.5 Å². The maximum absolute atomic E-state index is 9.54. The van der Waals surface area contributed by atoms with Gasteiger partial charge in [0.25, 0.3) is 6.01 Å². The molecule has 1 saturated heterocycles. The van der Waals surface area contributed by atoms with Gasteiger partial charge in [0.2, 0.25) is 0 Å². The van der Waals surface area contributed by atoms with E-state index in [0.717, 1.165) is 44.0 Å². The number of ether oxygens (including phenoxy) is 3. The van der Waals surface area contributed by atoms with Crippen molar-refractivity contribution in [3.63, 3.8) is 0 Å². The van der Waals surface area contributed by atoms with Crippen LogP contribution in [0.3, 0.4) is 0 Å². The lowest BCUT2D eigenvalue weighted by Gasteiger charge is -2.32. The Morgan fingerprint density at radius 3 is 2.71 bits per heavy atom. The topological polar surface area (TPSA) is 109 Å². The molecule has 3 aromatic rings. The molecule has 2 aromatic carbocycles. The SMILES string of the molecule is CCOc1cc(CN2CCC(Nc3nc4cccc(OCC(O)CO)c4o3)CC2)ccc1OC. The van der Waals surface area contributed by atoms with Crippen LogP contribution in [-0.2, 0) is 6.54 Å². The number of aliphatic hydroxyl groups is 2. The van der Waals surface area contributed by atoms with Crippen molar-refractivity contribution in [2.24, 2.45) is 0 Å². The van der Waals surface area contributed by atoms with E-state index in [1.54, 1.807) is 13.2 Å². The fraction of sp³-hybridized carbons (Fsp3) is 0.480. The standard InChI is InChI=1S/C25H33N3O6/c1-3-32-23-13-17(7-8-21(23)31-2)14-28-11-9-18(10-12-28)26-25-27-20-5-4-6-22(24(20)34-25)33-16-19(30)15-29/h4-8,13,18-19,29-30H,3,9-12,14-16H2,1-2H3,(H,26,27). The van der Waals surface area contributed by atoms with Gasteiger partial charge in [0.05, 0.1) is 20.3 Å². The number of nitrogens with zero attached hydrogens (tertiary/aromatic N) is 2. The molecule has 0 aliphatic carbocycles. The first kappa shape index (κ1) is 24.1. The molecule has 0 spiro atoms. The average Bonchev–Trinajstić information content (AvgIpc) is 3.27. The lowest BCUT2D eigenvalue weighted by Crippen LogP contribution is -2.38. The summed E-state index contributed by atoms with van der Waals surface area (Å²) in [6, 6.07) is 12.3. The minimum absolute atomic E-state index is 0.0161. The monoisotopic (exact) mass is 471 g/mol. The number of hydrogen-bond acceptors (Lipinski definition) is 9. The second-order valence-electron chi connectivity index (χ2n) is 8.38. The molecule has 0 amide bonds. The number of methoxy groups -OCH3 is 1. The van der Waals surface area contributed by atoms with Gasteiger partial charge in [0, 0.05) is 25.7 Å². The van der Waals surface area contributed by atoms with E-state index in [0.29, 0.717) is 29.5 Å². The summed E-state index contributed by atoms with van der Waals surface area (Å²) >= 11 is 0. The molecule has 1 aliphatic heterocycles. The van der Waals surface area contributed by atoms with Gasteiger partial charge >= 0.3 is 0 Å². The van der Waals surface area contributed by atoms with Crippen molar-refractivity contribution in [2.75, 3.05) is 45.3 Å². The first-order valence-corrected chi connectivity index (χ1v) is 11.7.